The number of morpholine rings is 1. The summed E-state index contributed by atoms with van der Waals surface area (Å²) in [6.45, 7) is 3.33. The molecule has 9 nitrogen and oxygen atoms in total. The average Bonchev–Trinajstić information content (AvgIpc) is 2.86. The number of rotatable bonds is 7. The van der Waals surface area contributed by atoms with Crippen LogP contribution in [0.15, 0.2) is 46.3 Å². The molecule has 1 aliphatic rings. The Morgan fingerprint density at radius 3 is 2.51 bits per heavy atom. The largest absolute Gasteiger partial charge is 0.573 e. The lowest BCUT2D eigenvalue weighted by Gasteiger charge is -2.27. The Bertz CT molecular complexity index is 1520. The fraction of sp³-hybridized carbons (Fsp3) is 0.375. The van der Waals surface area contributed by atoms with Gasteiger partial charge in [0.1, 0.15) is 5.75 Å². The molecule has 0 N–H and O–H groups in total. The van der Waals surface area contributed by atoms with Gasteiger partial charge in [-0.2, -0.15) is 5.26 Å². The zero-order chi connectivity index (χ0) is 26.8. The molecule has 0 unspecified atom stereocenters. The Balaban J connectivity index is 1.79. The summed E-state index contributed by atoms with van der Waals surface area (Å²) >= 11 is 0. The van der Waals surface area contributed by atoms with Gasteiger partial charge in [-0.25, -0.2) is 13.4 Å². The molecular formula is C24H23F3N4O5S. The predicted octanol–water partition coefficient (Wildman–Crippen LogP) is 2.84. The molecule has 0 saturated carbocycles. The first-order valence-electron chi connectivity index (χ1n) is 11.3. The van der Waals surface area contributed by atoms with Crippen LogP contribution >= 0.6 is 0 Å². The van der Waals surface area contributed by atoms with E-state index in [1.807, 2.05) is 11.0 Å². The number of benzene rings is 2. The summed E-state index contributed by atoms with van der Waals surface area (Å²) in [5, 5.41) is 9.12. The van der Waals surface area contributed by atoms with Gasteiger partial charge in [-0.05, 0) is 35.9 Å². The number of nitriles is 1. The molecule has 4 rings (SSSR count). The normalized spacial score (nSPS) is 15.0. The molecule has 0 radical (unpaired) electrons. The number of hydrogen-bond donors (Lipinski definition) is 0. The van der Waals surface area contributed by atoms with Gasteiger partial charge in [0.15, 0.2) is 9.84 Å². The number of alkyl halides is 3. The second kappa shape index (κ2) is 10.5. The van der Waals surface area contributed by atoms with E-state index in [9.17, 15) is 31.6 Å². The van der Waals surface area contributed by atoms with E-state index in [-0.39, 0.29) is 51.3 Å². The highest BCUT2D eigenvalue weighted by molar-refractivity contribution is 7.91. The van der Waals surface area contributed by atoms with Crippen LogP contribution in [0.4, 0.5) is 13.2 Å². The third kappa shape index (κ3) is 6.10. The Morgan fingerprint density at radius 2 is 1.86 bits per heavy atom. The summed E-state index contributed by atoms with van der Waals surface area (Å²) in [7, 11) is -3.68. The minimum Gasteiger partial charge on any atom is -0.405 e. The van der Waals surface area contributed by atoms with Crippen LogP contribution < -0.4 is 10.3 Å². The average molecular weight is 537 g/mol. The van der Waals surface area contributed by atoms with Crippen molar-refractivity contribution in [2.45, 2.75) is 31.3 Å². The van der Waals surface area contributed by atoms with E-state index in [0.717, 1.165) is 10.6 Å². The number of ether oxygens (including phenoxy) is 2. The van der Waals surface area contributed by atoms with Crippen LogP contribution in [0.2, 0.25) is 0 Å². The molecule has 13 heteroatoms. The molecule has 2 aromatic carbocycles. The van der Waals surface area contributed by atoms with Crippen molar-refractivity contribution in [1.29, 1.82) is 5.26 Å². The van der Waals surface area contributed by atoms with E-state index in [0.29, 0.717) is 26.3 Å². The number of hydrogen-bond acceptors (Lipinski definition) is 8. The Labute approximate surface area is 210 Å². The van der Waals surface area contributed by atoms with Crippen LogP contribution in [0, 0.1) is 11.3 Å². The summed E-state index contributed by atoms with van der Waals surface area (Å²) in [6.07, 6.45) is -3.77. The first-order chi connectivity index (χ1) is 17.5. The third-order valence-corrected chi connectivity index (χ3v) is 7.80. The van der Waals surface area contributed by atoms with E-state index in [1.165, 1.54) is 37.5 Å². The Morgan fingerprint density at radius 1 is 1.14 bits per heavy atom. The SMILES string of the molecule is CCS(=O)(=O)c1ccc(C#N)cc1Cn1cnc2cc(CN3CCOCC3)c(OC(F)(F)F)cc2c1=O. The number of fused-ring (bicyclic) bond motifs is 1. The maximum Gasteiger partial charge on any atom is 0.573 e. The maximum atomic E-state index is 13.3. The first-order valence-corrected chi connectivity index (χ1v) is 13.0. The summed E-state index contributed by atoms with van der Waals surface area (Å²) in [6, 6.07) is 8.37. The molecule has 0 amide bonds. The number of sulfone groups is 1. The van der Waals surface area contributed by atoms with E-state index in [1.54, 1.807) is 0 Å². The minimum atomic E-state index is -4.98. The summed E-state index contributed by atoms with van der Waals surface area (Å²) < 4.78 is 75.3. The molecule has 0 bridgehead atoms. The van der Waals surface area contributed by atoms with Crippen molar-refractivity contribution < 1.29 is 31.1 Å². The van der Waals surface area contributed by atoms with Crippen LogP contribution in [0.1, 0.15) is 23.6 Å². The van der Waals surface area contributed by atoms with E-state index < -0.39 is 27.5 Å². The van der Waals surface area contributed by atoms with Crippen molar-refractivity contribution in [3.05, 3.63) is 63.7 Å². The van der Waals surface area contributed by atoms with Crippen LogP contribution in [0.25, 0.3) is 10.9 Å². The van der Waals surface area contributed by atoms with Crippen LogP contribution in [-0.4, -0.2) is 61.3 Å². The van der Waals surface area contributed by atoms with Crippen molar-refractivity contribution in [2.75, 3.05) is 32.1 Å². The van der Waals surface area contributed by atoms with E-state index in [4.69, 9.17) is 4.74 Å². The highest BCUT2D eigenvalue weighted by Crippen LogP contribution is 2.30. The molecule has 3 aromatic rings. The summed E-state index contributed by atoms with van der Waals surface area (Å²) in [4.78, 5) is 19.4. The maximum absolute atomic E-state index is 13.3. The van der Waals surface area contributed by atoms with Crippen molar-refractivity contribution in [3.63, 3.8) is 0 Å². The molecule has 1 aliphatic heterocycles. The molecule has 0 atom stereocenters. The smallest absolute Gasteiger partial charge is 0.405 e. The molecule has 0 aliphatic carbocycles. The predicted molar refractivity (Wildman–Crippen MR) is 127 cm³/mol. The molecule has 1 saturated heterocycles. The second-order valence-corrected chi connectivity index (χ2v) is 10.7. The summed E-state index contributed by atoms with van der Waals surface area (Å²) in [5.74, 6) is -0.704. The topological polar surface area (TPSA) is 115 Å². The standard InChI is InChI=1S/C24H23F3N4O5S/c1-2-37(33,34)22-4-3-16(12-28)9-18(22)14-31-15-29-20-10-17(13-30-5-7-35-8-6-30)21(36-24(25,26)27)11-19(20)23(31)32/h3-4,9-11,15H,2,5-8,13-14H2,1H3. The lowest BCUT2D eigenvalue weighted by atomic mass is 10.1. The third-order valence-electron chi connectivity index (χ3n) is 5.98. The summed E-state index contributed by atoms with van der Waals surface area (Å²) in [5.41, 5.74) is 0.0955. The highest BCUT2D eigenvalue weighted by Gasteiger charge is 2.33. The molecule has 1 aromatic heterocycles. The van der Waals surface area contributed by atoms with Gasteiger partial charge in [0, 0.05) is 25.2 Å². The zero-order valence-electron chi connectivity index (χ0n) is 19.8. The Hall–Kier alpha value is -3.47. The zero-order valence-corrected chi connectivity index (χ0v) is 20.6. The van der Waals surface area contributed by atoms with Gasteiger partial charge in [0.05, 0.1) is 59.3 Å². The van der Waals surface area contributed by atoms with Gasteiger partial charge in [0.2, 0.25) is 0 Å². The van der Waals surface area contributed by atoms with Gasteiger partial charge >= 0.3 is 6.36 Å². The molecule has 196 valence electrons. The van der Waals surface area contributed by atoms with Crippen molar-refractivity contribution in [1.82, 2.24) is 14.5 Å². The molecular weight excluding hydrogens is 513 g/mol. The van der Waals surface area contributed by atoms with Gasteiger partial charge in [-0.3, -0.25) is 14.3 Å². The van der Waals surface area contributed by atoms with Crippen LogP contribution in [-0.2, 0) is 27.7 Å². The van der Waals surface area contributed by atoms with Crippen LogP contribution in [0.5, 0.6) is 5.75 Å². The monoisotopic (exact) mass is 536 g/mol. The van der Waals surface area contributed by atoms with Crippen molar-refractivity contribution in [3.8, 4) is 11.8 Å². The highest BCUT2D eigenvalue weighted by atomic mass is 32.2. The fourth-order valence-corrected chi connectivity index (χ4v) is 5.21. The molecule has 2 heterocycles. The van der Waals surface area contributed by atoms with E-state index in [2.05, 4.69) is 9.72 Å². The van der Waals surface area contributed by atoms with Crippen molar-refractivity contribution in [2.24, 2.45) is 0 Å². The lowest BCUT2D eigenvalue weighted by molar-refractivity contribution is -0.275. The molecule has 0 spiro atoms. The quantitative estimate of drug-likeness (QED) is 0.453. The first kappa shape index (κ1) is 26.6. The number of aromatic nitrogens is 2. The molecule has 37 heavy (non-hydrogen) atoms. The minimum absolute atomic E-state index is 0.0389. The van der Waals surface area contributed by atoms with Crippen molar-refractivity contribution >= 4 is 20.7 Å². The Kier molecular flexibility index (Phi) is 7.54. The van der Waals surface area contributed by atoms with E-state index >= 15 is 0 Å². The van der Waals surface area contributed by atoms with Gasteiger partial charge in [0.25, 0.3) is 5.56 Å². The van der Waals surface area contributed by atoms with Crippen LogP contribution in [0.3, 0.4) is 0 Å². The van der Waals surface area contributed by atoms with Gasteiger partial charge < -0.3 is 9.47 Å². The van der Waals surface area contributed by atoms with Gasteiger partial charge in [-0.15, -0.1) is 13.2 Å². The van der Waals surface area contributed by atoms with Gasteiger partial charge in [-0.1, -0.05) is 6.92 Å². The lowest BCUT2D eigenvalue weighted by Crippen LogP contribution is -2.36. The molecule has 1 fully saturated rings. The second-order valence-electron chi connectivity index (χ2n) is 8.43. The number of halogens is 3. The fourth-order valence-electron chi connectivity index (χ4n) is 4.10. The number of nitrogens with zero attached hydrogens (tertiary/aromatic N) is 4.